The van der Waals surface area contributed by atoms with Crippen molar-refractivity contribution in [2.45, 2.75) is 57.3 Å². The number of sulfonamides is 1. The van der Waals surface area contributed by atoms with Gasteiger partial charge in [-0.1, -0.05) is 13.8 Å². The van der Waals surface area contributed by atoms with E-state index in [2.05, 4.69) is 11.4 Å². The minimum absolute atomic E-state index is 0.185. The third-order valence-electron chi connectivity index (χ3n) is 5.21. The molecule has 3 rings (SSSR count). The Morgan fingerprint density at radius 3 is 2.37 bits per heavy atom. The lowest BCUT2D eigenvalue weighted by molar-refractivity contribution is 0.102. The Morgan fingerprint density at radius 1 is 1.13 bits per heavy atom. The summed E-state index contributed by atoms with van der Waals surface area (Å²) >= 11 is 1.47. The molecule has 0 spiro atoms. The number of anilines is 1. The predicted octanol–water partition coefficient (Wildman–Crippen LogP) is 4.56. The molecule has 1 N–H and O–H groups in total. The van der Waals surface area contributed by atoms with Gasteiger partial charge in [0.05, 0.1) is 10.5 Å². The van der Waals surface area contributed by atoms with E-state index in [1.54, 1.807) is 0 Å². The second kappa shape index (κ2) is 9.73. The summed E-state index contributed by atoms with van der Waals surface area (Å²) in [5.41, 5.74) is 2.00. The molecular weight excluding hydrogens is 418 g/mol. The molecule has 6 nitrogen and oxygen atoms in total. The molecule has 0 radical (unpaired) electrons. The molecule has 30 heavy (non-hydrogen) atoms. The number of nitrogens with zero attached hydrogens (tertiary/aromatic N) is 2. The molecule has 0 aliphatic heterocycles. The van der Waals surface area contributed by atoms with Crippen LogP contribution < -0.4 is 5.32 Å². The summed E-state index contributed by atoms with van der Waals surface area (Å²) in [4.78, 5) is 14.1. The summed E-state index contributed by atoms with van der Waals surface area (Å²) in [5.74, 6) is -0.340. The first kappa shape index (κ1) is 22.5. The Kier molecular flexibility index (Phi) is 7.29. The quantitative estimate of drug-likeness (QED) is 0.645. The van der Waals surface area contributed by atoms with Gasteiger partial charge >= 0.3 is 0 Å². The standard InChI is InChI=1S/C22H27N3O3S2/c1-3-13-25(14-4-2)30(27,28)17-11-9-16(10-12-17)21(26)24-22-19(15-23)18-7-5-6-8-20(18)29-22/h9-12H,3-8,13-14H2,1-2H3,(H,24,26). The first-order valence-electron chi connectivity index (χ1n) is 10.4. The number of hydrogen-bond acceptors (Lipinski definition) is 5. The summed E-state index contributed by atoms with van der Waals surface area (Å²) in [6.45, 7) is 4.84. The highest BCUT2D eigenvalue weighted by atomic mass is 32.2. The van der Waals surface area contributed by atoms with Gasteiger partial charge < -0.3 is 5.32 Å². The number of hydrogen-bond donors (Lipinski definition) is 1. The zero-order valence-corrected chi connectivity index (χ0v) is 19.0. The first-order chi connectivity index (χ1) is 14.4. The van der Waals surface area contributed by atoms with Crippen molar-refractivity contribution in [3.8, 4) is 6.07 Å². The van der Waals surface area contributed by atoms with Crippen LogP contribution in [0.25, 0.3) is 0 Å². The number of nitrogens with one attached hydrogen (secondary N) is 1. The number of amides is 1. The highest BCUT2D eigenvalue weighted by Crippen LogP contribution is 2.37. The number of aryl methyl sites for hydroxylation is 1. The van der Waals surface area contributed by atoms with E-state index in [1.807, 2.05) is 13.8 Å². The van der Waals surface area contributed by atoms with Gasteiger partial charge in [0.25, 0.3) is 5.91 Å². The Bertz CT molecular complexity index is 1040. The molecule has 1 aromatic carbocycles. The van der Waals surface area contributed by atoms with E-state index in [0.29, 0.717) is 29.2 Å². The Labute approximate surface area is 182 Å². The summed E-state index contributed by atoms with van der Waals surface area (Å²) in [6.07, 6.45) is 5.48. The van der Waals surface area contributed by atoms with Crippen LogP contribution in [-0.4, -0.2) is 31.7 Å². The zero-order valence-electron chi connectivity index (χ0n) is 17.4. The molecule has 0 atom stereocenters. The fourth-order valence-electron chi connectivity index (χ4n) is 3.73. The number of carbonyl (C=O) groups excluding carboxylic acids is 1. The molecule has 8 heteroatoms. The molecule has 1 heterocycles. The minimum atomic E-state index is -3.58. The molecule has 0 fully saturated rings. The normalized spacial score (nSPS) is 13.7. The van der Waals surface area contributed by atoms with Gasteiger partial charge in [0.1, 0.15) is 11.1 Å². The number of fused-ring (bicyclic) bond motifs is 1. The Morgan fingerprint density at radius 2 is 1.77 bits per heavy atom. The van der Waals surface area contributed by atoms with E-state index in [9.17, 15) is 18.5 Å². The fraction of sp³-hybridized carbons (Fsp3) is 0.455. The first-order valence-corrected chi connectivity index (χ1v) is 12.6. The van der Waals surface area contributed by atoms with E-state index in [-0.39, 0.29) is 10.8 Å². The van der Waals surface area contributed by atoms with Gasteiger partial charge in [-0.15, -0.1) is 11.3 Å². The molecule has 1 aliphatic rings. The third-order valence-corrected chi connectivity index (χ3v) is 8.33. The molecule has 0 unspecified atom stereocenters. The minimum Gasteiger partial charge on any atom is -0.312 e. The van der Waals surface area contributed by atoms with Crippen molar-refractivity contribution < 1.29 is 13.2 Å². The summed E-state index contributed by atoms with van der Waals surface area (Å²) in [7, 11) is -3.58. The molecule has 0 saturated carbocycles. The molecule has 0 saturated heterocycles. The molecule has 160 valence electrons. The van der Waals surface area contributed by atoms with Gasteiger partial charge in [-0.3, -0.25) is 4.79 Å². The summed E-state index contributed by atoms with van der Waals surface area (Å²) in [6, 6.07) is 8.25. The molecule has 0 bridgehead atoms. The van der Waals surface area contributed by atoms with Crippen LogP contribution in [0.2, 0.25) is 0 Å². The van der Waals surface area contributed by atoms with E-state index in [1.165, 1.54) is 44.8 Å². The lowest BCUT2D eigenvalue weighted by Crippen LogP contribution is -2.32. The molecular formula is C22H27N3O3S2. The fourth-order valence-corrected chi connectivity index (χ4v) is 6.58. The van der Waals surface area contributed by atoms with Crippen molar-refractivity contribution in [3.63, 3.8) is 0 Å². The summed E-state index contributed by atoms with van der Waals surface area (Å²) < 4.78 is 27.2. The van der Waals surface area contributed by atoms with Crippen LogP contribution in [0.4, 0.5) is 5.00 Å². The van der Waals surface area contributed by atoms with Crippen LogP contribution in [0.3, 0.4) is 0 Å². The second-order valence-electron chi connectivity index (χ2n) is 7.41. The van der Waals surface area contributed by atoms with Gasteiger partial charge in [-0.25, -0.2) is 8.42 Å². The van der Waals surface area contributed by atoms with E-state index < -0.39 is 10.0 Å². The smallest absolute Gasteiger partial charge is 0.256 e. The van der Waals surface area contributed by atoms with Crippen molar-refractivity contribution in [2.24, 2.45) is 0 Å². The Hall–Kier alpha value is -2.21. The third kappa shape index (κ3) is 4.59. The van der Waals surface area contributed by atoms with Crippen molar-refractivity contribution in [3.05, 3.63) is 45.8 Å². The summed E-state index contributed by atoms with van der Waals surface area (Å²) in [5, 5.41) is 13.0. The molecule has 2 aromatic rings. The molecule has 1 aromatic heterocycles. The van der Waals surface area contributed by atoms with E-state index in [0.717, 1.165) is 44.1 Å². The number of benzene rings is 1. The average molecular weight is 446 g/mol. The highest BCUT2D eigenvalue weighted by molar-refractivity contribution is 7.89. The molecule has 1 aliphatic carbocycles. The average Bonchev–Trinajstić information content (AvgIpc) is 3.10. The molecule has 1 amide bonds. The van der Waals surface area contributed by atoms with Gasteiger partial charge in [0.15, 0.2) is 0 Å². The van der Waals surface area contributed by atoms with Gasteiger partial charge in [-0.2, -0.15) is 9.57 Å². The number of nitriles is 1. The van der Waals surface area contributed by atoms with Crippen molar-refractivity contribution in [1.29, 1.82) is 5.26 Å². The maximum absolute atomic E-state index is 12.9. The van der Waals surface area contributed by atoms with Gasteiger partial charge in [0, 0.05) is 23.5 Å². The zero-order chi connectivity index (χ0) is 21.7. The maximum Gasteiger partial charge on any atom is 0.256 e. The van der Waals surface area contributed by atoms with Crippen LogP contribution in [-0.2, 0) is 22.9 Å². The van der Waals surface area contributed by atoms with E-state index >= 15 is 0 Å². The van der Waals surface area contributed by atoms with Crippen LogP contribution in [0.5, 0.6) is 0 Å². The number of rotatable bonds is 8. The highest BCUT2D eigenvalue weighted by Gasteiger charge is 2.24. The van der Waals surface area contributed by atoms with Crippen LogP contribution in [0.1, 0.15) is 65.9 Å². The van der Waals surface area contributed by atoms with Crippen molar-refractivity contribution in [2.75, 3.05) is 18.4 Å². The number of thiophene rings is 1. The lowest BCUT2D eigenvalue weighted by atomic mass is 9.96. The second-order valence-corrected chi connectivity index (χ2v) is 10.5. The van der Waals surface area contributed by atoms with Crippen LogP contribution in [0, 0.1) is 11.3 Å². The lowest BCUT2D eigenvalue weighted by Gasteiger charge is -2.21. The van der Waals surface area contributed by atoms with Crippen LogP contribution in [0.15, 0.2) is 29.2 Å². The predicted molar refractivity (Wildman–Crippen MR) is 119 cm³/mol. The largest absolute Gasteiger partial charge is 0.312 e. The van der Waals surface area contributed by atoms with Crippen molar-refractivity contribution >= 4 is 32.3 Å². The Balaban J connectivity index is 1.79. The van der Waals surface area contributed by atoms with Crippen LogP contribution >= 0.6 is 11.3 Å². The maximum atomic E-state index is 12.9. The van der Waals surface area contributed by atoms with Gasteiger partial charge in [-0.05, 0) is 68.4 Å². The monoisotopic (exact) mass is 445 g/mol. The number of carbonyl (C=O) groups is 1. The van der Waals surface area contributed by atoms with E-state index in [4.69, 9.17) is 0 Å². The van der Waals surface area contributed by atoms with Crippen molar-refractivity contribution in [1.82, 2.24) is 4.31 Å². The SMILES string of the molecule is CCCN(CCC)S(=O)(=O)c1ccc(C(=O)Nc2sc3c(c2C#N)CCCC3)cc1. The topological polar surface area (TPSA) is 90.3 Å². The van der Waals surface area contributed by atoms with Gasteiger partial charge in [0.2, 0.25) is 10.0 Å².